The van der Waals surface area contributed by atoms with Crippen LogP contribution in [0.1, 0.15) is 84.9 Å². The SMILES string of the molecule is CC1=C(C(C)(C)C)[CH]([Zr]([CH3])([CH3])(=[SiH2])[CH]2C(C(C)(C)C)=C(C)c3c(-c4ccc([Si](C)(C)C)cc4)cccc32)c2cccc(-c3ccc([Si](C)(C)C)cc3)c21.Cl.Cl. The Labute approximate surface area is 346 Å². The summed E-state index contributed by atoms with van der Waals surface area (Å²) >= 11 is -3.96. The van der Waals surface area contributed by atoms with Crippen LogP contribution >= 0.6 is 24.8 Å². The van der Waals surface area contributed by atoms with Gasteiger partial charge in [0.25, 0.3) is 0 Å². The number of halogens is 2. The molecule has 0 spiro atoms. The first-order chi connectivity index (χ1) is 23.7. The molecule has 0 nitrogen and oxygen atoms in total. The zero-order chi connectivity index (χ0) is 38.6. The van der Waals surface area contributed by atoms with Gasteiger partial charge < -0.3 is 0 Å². The molecule has 6 heteroatoms. The first-order valence-electron chi connectivity index (χ1n) is 19.7. The van der Waals surface area contributed by atoms with Crippen LogP contribution < -0.4 is 10.4 Å². The van der Waals surface area contributed by atoms with Crippen molar-refractivity contribution in [3.63, 3.8) is 0 Å². The van der Waals surface area contributed by atoms with Crippen LogP contribution in [0.5, 0.6) is 0 Å². The summed E-state index contributed by atoms with van der Waals surface area (Å²) < 4.78 is 6.58. The molecule has 290 valence electrons. The van der Waals surface area contributed by atoms with Gasteiger partial charge in [-0.05, 0) is 0 Å². The van der Waals surface area contributed by atoms with Gasteiger partial charge in [-0.25, -0.2) is 0 Å². The third-order valence-electron chi connectivity index (χ3n) is 12.6. The second kappa shape index (κ2) is 14.7. The maximum atomic E-state index is 2.84. The molecule has 0 aromatic heterocycles. The Morgan fingerprint density at radius 1 is 0.500 bits per heavy atom. The molecule has 2 atom stereocenters. The van der Waals surface area contributed by atoms with Gasteiger partial charge in [0.1, 0.15) is 0 Å². The average Bonchev–Trinajstić information content (AvgIpc) is 3.53. The number of benzene rings is 4. The number of hydrogen-bond acceptors (Lipinski definition) is 0. The van der Waals surface area contributed by atoms with Crippen molar-refractivity contribution in [3.8, 4) is 22.3 Å². The fourth-order valence-corrected chi connectivity index (χ4v) is 32.6. The third-order valence-corrected chi connectivity index (χ3v) is 33.8. The van der Waals surface area contributed by atoms with Crippen molar-refractivity contribution in [2.75, 3.05) is 0 Å². The van der Waals surface area contributed by atoms with Gasteiger partial charge in [-0.2, -0.15) is 0 Å². The minimum atomic E-state index is -3.96. The fourth-order valence-electron chi connectivity index (χ4n) is 10.4. The topological polar surface area (TPSA) is 0 Å². The van der Waals surface area contributed by atoms with Gasteiger partial charge in [0, 0.05) is 0 Å². The fraction of sp³-hybridized carbons (Fsp3) is 0.417. The van der Waals surface area contributed by atoms with Gasteiger partial charge >= 0.3 is 325 Å². The summed E-state index contributed by atoms with van der Waals surface area (Å²) in [5.74, 6) is 0. The van der Waals surface area contributed by atoms with Crippen LogP contribution in [0.2, 0.25) is 48.5 Å². The number of allylic oxidation sites excluding steroid dienone is 4. The minimum Gasteiger partial charge on any atom is -0.147 e. The van der Waals surface area contributed by atoms with Gasteiger partial charge in [0.05, 0.1) is 0 Å². The minimum absolute atomic E-state index is 0. The van der Waals surface area contributed by atoms with Crippen LogP contribution in [0.3, 0.4) is 0 Å². The molecule has 0 heterocycles. The van der Waals surface area contributed by atoms with Crippen LogP contribution in [-0.2, 0) is 17.4 Å². The molecule has 0 saturated carbocycles. The molecule has 2 unspecified atom stereocenters. The number of rotatable bonds is 6. The molecule has 0 N–H and O–H groups in total. The Balaban J connectivity index is 0.00000325. The van der Waals surface area contributed by atoms with E-state index in [1.165, 1.54) is 54.9 Å². The predicted octanol–water partition coefficient (Wildman–Crippen LogP) is 13.7. The van der Waals surface area contributed by atoms with E-state index in [0.29, 0.717) is 7.25 Å². The normalized spacial score (nSPS) is 17.9. The summed E-state index contributed by atoms with van der Waals surface area (Å²) in [6.45, 7) is 37.0. The molecule has 0 saturated heterocycles. The molecule has 2 aliphatic carbocycles. The van der Waals surface area contributed by atoms with Gasteiger partial charge in [-0.3, -0.25) is 0 Å². The Morgan fingerprint density at radius 3 is 1.06 bits per heavy atom. The van der Waals surface area contributed by atoms with Crippen LogP contribution in [0.25, 0.3) is 33.4 Å². The van der Waals surface area contributed by atoms with E-state index in [1.54, 1.807) is 22.3 Å². The van der Waals surface area contributed by atoms with Crippen molar-refractivity contribution in [1.29, 1.82) is 0 Å². The van der Waals surface area contributed by atoms with E-state index in [0.717, 1.165) is 0 Å². The van der Waals surface area contributed by atoms with Gasteiger partial charge in [-0.1, -0.05) is 0 Å². The smallest absolute Gasteiger partial charge is 0.147 e. The van der Waals surface area contributed by atoms with E-state index in [1.807, 2.05) is 0 Å². The Kier molecular flexibility index (Phi) is 12.3. The van der Waals surface area contributed by atoms with E-state index in [4.69, 9.17) is 0 Å². The van der Waals surface area contributed by atoms with Gasteiger partial charge in [-0.15, -0.1) is 24.8 Å². The molecule has 6 rings (SSSR count). The Hall–Kier alpha value is -1.53. The van der Waals surface area contributed by atoms with E-state index in [9.17, 15) is 0 Å². The third kappa shape index (κ3) is 7.72. The van der Waals surface area contributed by atoms with Crippen molar-refractivity contribution in [3.05, 3.63) is 118 Å². The summed E-state index contributed by atoms with van der Waals surface area (Å²) in [4.78, 5) is 0. The number of hydrogen-bond donors (Lipinski definition) is 0. The van der Waals surface area contributed by atoms with E-state index < -0.39 is 33.5 Å². The van der Waals surface area contributed by atoms with Crippen LogP contribution in [0, 0.1) is 10.8 Å². The van der Waals surface area contributed by atoms with Crippen LogP contribution in [0.15, 0.2) is 96.1 Å². The van der Waals surface area contributed by atoms with Gasteiger partial charge in [0.2, 0.25) is 0 Å². The average molecular weight is 891 g/mol. The molecule has 0 amide bonds. The van der Waals surface area contributed by atoms with Crippen molar-refractivity contribution in [1.82, 2.24) is 0 Å². The largest absolute Gasteiger partial charge is 0.147 e. The molecule has 0 fully saturated rings. The maximum Gasteiger partial charge on any atom is -0.147 e. The molecule has 0 aliphatic heterocycles. The Bertz CT molecular complexity index is 2050. The first kappa shape index (κ1) is 45.2. The standard InChI is InChI=1S/2C23H29Si.2CH3.2ClH.H2Si.Zr/c2*1-16-21(23(2,3)4)15-18-9-8-10-20(22(16)18)17-11-13-19(14-12-17)24(5,6)7;;;;;;/h2*8-15H,1-7H3;2*1H3;2*1H;1H2;. The molecular formula is C48H68Cl2Si3Zr. The predicted molar refractivity (Wildman–Crippen MR) is 254 cm³/mol. The molecule has 4 aromatic carbocycles. The first-order valence-corrected chi connectivity index (χ1v) is 40.4. The number of fused-ring (bicyclic) bond motifs is 2. The van der Waals surface area contributed by atoms with E-state index >= 15 is 0 Å². The monoisotopic (exact) mass is 888 g/mol. The quantitative estimate of drug-likeness (QED) is 0.169. The van der Waals surface area contributed by atoms with Crippen molar-refractivity contribution in [2.45, 2.75) is 111 Å². The van der Waals surface area contributed by atoms with E-state index in [2.05, 4.69) is 196 Å². The zero-order valence-electron chi connectivity index (χ0n) is 36.3. The summed E-state index contributed by atoms with van der Waals surface area (Å²) in [7, 11) is -2.77. The summed E-state index contributed by atoms with van der Waals surface area (Å²) in [5, 5.41) is 3.05. The van der Waals surface area contributed by atoms with Crippen LogP contribution in [0.4, 0.5) is 0 Å². The second-order valence-corrected chi connectivity index (χ2v) is 62.2. The zero-order valence-corrected chi connectivity index (χ0v) is 43.8. The van der Waals surface area contributed by atoms with Crippen molar-refractivity contribution in [2.24, 2.45) is 10.8 Å². The molecule has 2 aliphatic rings. The molecular weight excluding hydrogens is 823 g/mol. The summed E-state index contributed by atoms with van der Waals surface area (Å²) in [6, 6.07) is 33.9. The molecule has 0 radical (unpaired) electrons. The molecule has 0 bridgehead atoms. The Morgan fingerprint density at radius 2 is 0.796 bits per heavy atom. The van der Waals surface area contributed by atoms with Crippen LogP contribution in [-0.4, -0.2) is 23.0 Å². The summed E-state index contributed by atoms with van der Waals surface area (Å²) in [5.41, 5.74) is 18.3. The molecule has 4 aromatic rings. The maximum absolute atomic E-state index is 3.96. The van der Waals surface area contributed by atoms with Gasteiger partial charge in [0.15, 0.2) is 0 Å². The molecule has 54 heavy (non-hydrogen) atoms. The van der Waals surface area contributed by atoms with E-state index in [-0.39, 0.29) is 35.6 Å². The second-order valence-electron chi connectivity index (χ2n) is 21.6. The van der Waals surface area contributed by atoms with Crippen molar-refractivity contribution >= 4 is 69.4 Å². The van der Waals surface area contributed by atoms with Crippen molar-refractivity contribution < 1.29 is 17.4 Å². The summed E-state index contributed by atoms with van der Waals surface area (Å²) in [6.07, 6.45) is 0.